The molecule has 4 heteroatoms. The van der Waals surface area contributed by atoms with Crippen molar-refractivity contribution >= 4 is 16.8 Å². The Morgan fingerprint density at radius 3 is 2.78 bits per heavy atom. The Balaban J connectivity index is 1.94. The number of hydrogen-bond acceptors (Lipinski definition) is 3. The van der Waals surface area contributed by atoms with E-state index < -0.39 is 0 Å². The summed E-state index contributed by atoms with van der Waals surface area (Å²) in [6, 6.07) is 8.00. The smallest absolute Gasteiger partial charge is 0.253 e. The summed E-state index contributed by atoms with van der Waals surface area (Å²) >= 11 is 0. The molecule has 1 amide bonds. The van der Waals surface area contributed by atoms with Crippen molar-refractivity contribution in [2.24, 2.45) is 5.92 Å². The minimum absolute atomic E-state index is 0.0673. The third kappa shape index (κ3) is 5.03. The number of ether oxygens (including phenoxy) is 1. The highest BCUT2D eigenvalue weighted by Gasteiger charge is 2.11. The summed E-state index contributed by atoms with van der Waals surface area (Å²) < 4.78 is 5.51. The lowest BCUT2D eigenvalue weighted by molar-refractivity contribution is 0.0924. The van der Waals surface area contributed by atoms with Crippen LogP contribution in [-0.2, 0) is 4.74 Å². The first-order valence-corrected chi connectivity index (χ1v) is 8.21. The molecule has 1 N–H and O–H groups in total. The molecule has 0 saturated carbocycles. The summed E-state index contributed by atoms with van der Waals surface area (Å²) in [5, 5.41) is 3.95. The number of carbonyl (C=O) groups excluding carboxylic acids is 1. The van der Waals surface area contributed by atoms with Gasteiger partial charge in [0.05, 0.1) is 16.8 Å². The SMILES string of the molecule is Cc1ccc2nc(C)c(C(=O)NCCCOCC(C)C)cc2c1. The summed E-state index contributed by atoms with van der Waals surface area (Å²) in [6.07, 6.45) is 0.817. The second-order valence-corrected chi connectivity index (χ2v) is 6.40. The third-order valence-corrected chi connectivity index (χ3v) is 3.61. The Morgan fingerprint density at radius 1 is 1.26 bits per heavy atom. The number of pyridine rings is 1. The van der Waals surface area contributed by atoms with Gasteiger partial charge in [0.15, 0.2) is 0 Å². The van der Waals surface area contributed by atoms with Crippen LogP contribution in [0.1, 0.15) is 41.9 Å². The highest BCUT2D eigenvalue weighted by Crippen LogP contribution is 2.18. The monoisotopic (exact) mass is 314 g/mol. The first-order chi connectivity index (χ1) is 11.0. The Kier molecular flexibility index (Phi) is 6.11. The Hall–Kier alpha value is -1.94. The first kappa shape index (κ1) is 17.4. The number of fused-ring (bicyclic) bond motifs is 1. The van der Waals surface area contributed by atoms with E-state index >= 15 is 0 Å². The van der Waals surface area contributed by atoms with Crippen LogP contribution in [0.3, 0.4) is 0 Å². The second-order valence-electron chi connectivity index (χ2n) is 6.40. The van der Waals surface area contributed by atoms with Crippen LogP contribution in [0.15, 0.2) is 24.3 Å². The van der Waals surface area contributed by atoms with Crippen LogP contribution < -0.4 is 5.32 Å². The van der Waals surface area contributed by atoms with E-state index in [2.05, 4.69) is 30.2 Å². The molecule has 2 rings (SSSR count). The van der Waals surface area contributed by atoms with E-state index in [4.69, 9.17) is 4.74 Å². The van der Waals surface area contributed by atoms with E-state index in [1.54, 1.807) is 0 Å². The van der Waals surface area contributed by atoms with Crippen molar-refractivity contribution in [1.29, 1.82) is 0 Å². The standard InChI is InChI=1S/C19H26N2O2/c1-13(2)12-23-9-5-8-20-19(22)17-11-16-10-14(3)6-7-18(16)21-15(17)4/h6-7,10-11,13H,5,8-9,12H2,1-4H3,(H,20,22). The highest BCUT2D eigenvalue weighted by molar-refractivity contribution is 5.98. The maximum Gasteiger partial charge on any atom is 0.253 e. The van der Waals surface area contributed by atoms with Crippen molar-refractivity contribution < 1.29 is 9.53 Å². The molecule has 0 atom stereocenters. The summed E-state index contributed by atoms with van der Waals surface area (Å²) in [7, 11) is 0. The van der Waals surface area contributed by atoms with Crippen LogP contribution in [0.25, 0.3) is 10.9 Å². The number of nitrogens with one attached hydrogen (secondary N) is 1. The maximum atomic E-state index is 12.3. The number of amides is 1. The molecule has 1 aromatic carbocycles. The fourth-order valence-electron chi connectivity index (χ4n) is 2.41. The molecule has 0 aliphatic heterocycles. The molecule has 0 radical (unpaired) electrons. The van der Waals surface area contributed by atoms with Crippen LogP contribution in [0.4, 0.5) is 0 Å². The molecule has 124 valence electrons. The van der Waals surface area contributed by atoms with Crippen molar-refractivity contribution in [1.82, 2.24) is 10.3 Å². The number of benzene rings is 1. The van der Waals surface area contributed by atoms with Crippen LogP contribution in [-0.4, -0.2) is 30.6 Å². The second kappa shape index (κ2) is 8.06. The highest BCUT2D eigenvalue weighted by atomic mass is 16.5. The lowest BCUT2D eigenvalue weighted by Crippen LogP contribution is -2.26. The molecule has 0 aliphatic rings. The normalized spacial score (nSPS) is 11.2. The van der Waals surface area contributed by atoms with Gasteiger partial charge in [-0.2, -0.15) is 0 Å². The van der Waals surface area contributed by atoms with Gasteiger partial charge in [-0.15, -0.1) is 0 Å². The Bertz CT molecular complexity index is 680. The van der Waals surface area contributed by atoms with Crippen LogP contribution in [0, 0.1) is 19.8 Å². The van der Waals surface area contributed by atoms with Crippen LogP contribution >= 0.6 is 0 Å². The van der Waals surface area contributed by atoms with Crippen molar-refractivity contribution in [3.05, 3.63) is 41.1 Å². The molecule has 1 heterocycles. The molecule has 0 unspecified atom stereocenters. The summed E-state index contributed by atoms with van der Waals surface area (Å²) in [4.78, 5) is 16.9. The average molecular weight is 314 g/mol. The van der Waals surface area contributed by atoms with Gasteiger partial charge >= 0.3 is 0 Å². The quantitative estimate of drug-likeness (QED) is 0.794. The topological polar surface area (TPSA) is 51.2 Å². The van der Waals surface area contributed by atoms with Gasteiger partial charge in [-0.1, -0.05) is 25.5 Å². The number of nitrogens with zero attached hydrogens (tertiary/aromatic N) is 1. The van der Waals surface area contributed by atoms with Crippen molar-refractivity contribution in [3.63, 3.8) is 0 Å². The molecule has 0 fully saturated rings. The molecule has 0 saturated heterocycles. The van der Waals surface area contributed by atoms with Crippen molar-refractivity contribution in [3.8, 4) is 0 Å². The minimum Gasteiger partial charge on any atom is -0.381 e. The lowest BCUT2D eigenvalue weighted by Gasteiger charge is -2.10. The fourth-order valence-corrected chi connectivity index (χ4v) is 2.41. The molecule has 0 bridgehead atoms. The van der Waals surface area contributed by atoms with Gasteiger partial charge in [0.25, 0.3) is 5.91 Å². The van der Waals surface area contributed by atoms with Gasteiger partial charge in [-0.3, -0.25) is 9.78 Å². The molecule has 0 spiro atoms. The zero-order chi connectivity index (χ0) is 16.8. The van der Waals surface area contributed by atoms with Crippen LogP contribution in [0.5, 0.6) is 0 Å². The summed E-state index contributed by atoms with van der Waals surface area (Å²) in [6.45, 7) is 10.2. The molecule has 0 aliphatic carbocycles. The molecule has 4 nitrogen and oxygen atoms in total. The lowest BCUT2D eigenvalue weighted by atomic mass is 10.1. The van der Waals surface area contributed by atoms with Gasteiger partial charge in [0.1, 0.15) is 0 Å². The molecular formula is C19H26N2O2. The van der Waals surface area contributed by atoms with Crippen molar-refractivity contribution in [2.75, 3.05) is 19.8 Å². The number of hydrogen-bond donors (Lipinski definition) is 1. The van der Waals surface area contributed by atoms with Crippen molar-refractivity contribution in [2.45, 2.75) is 34.1 Å². The number of aromatic nitrogens is 1. The Morgan fingerprint density at radius 2 is 2.04 bits per heavy atom. The van der Waals surface area contributed by atoms with E-state index in [-0.39, 0.29) is 5.91 Å². The molecular weight excluding hydrogens is 288 g/mol. The average Bonchev–Trinajstić information content (AvgIpc) is 2.50. The van der Waals surface area contributed by atoms with Crippen LogP contribution in [0.2, 0.25) is 0 Å². The first-order valence-electron chi connectivity index (χ1n) is 8.21. The van der Waals surface area contributed by atoms with Gasteiger partial charge in [0.2, 0.25) is 0 Å². The van der Waals surface area contributed by atoms with E-state index in [0.717, 1.165) is 35.2 Å². The minimum atomic E-state index is -0.0673. The molecule has 23 heavy (non-hydrogen) atoms. The zero-order valence-corrected chi connectivity index (χ0v) is 14.5. The number of carbonyl (C=O) groups is 1. The number of aryl methyl sites for hydroxylation is 2. The fraction of sp³-hybridized carbons (Fsp3) is 0.474. The number of rotatable bonds is 7. The zero-order valence-electron chi connectivity index (χ0n) is 14.5. The molecule has 2 aromatic rings. The van der Waals surface area contributed by atoms with Gasteiger partial charge in [0, 0.05) is 25.1 Å². The predicted molar refractivity (Wildman–Crippen MR) is 93.8 cm³/mol. The van der Waals surface area contributed by atoms with E-state index in [9.17, 15) is 4.79 Å². The van der Waals surface area contributed by atoms with Gasteiger partial charge in [-0.25, -0.2) is 0 Å². The van der Waals surface area contributed by atoms with E-state index in [1.807, 2.05) is 32.0 Å². The Labute approximate surface area is 138 Å². The van der Waals surface area contributed by atoms with E-state index in [0.29, 0.717) is 24.6 Å². The third-order valence-electron chi connectivity index (χ3n) is 3.61. The maximum absolute atomic E-state index is 12.3. The molecule has 1 aromatic heterocycles. The van der Waals surface area contributed by atoms with Gasteiger partial charge < -0.3 is 10.1 Å². The summed E-state index contributed by atoms with van der Waals surface area (Å²) in [5.74, 6) is 0.474. The van der Waals surface area contributed by atoms with Gasteiger partial charge in [-0.05, 0) is 44.4 Å². The predicted octanol–water partition coefficient (Wildman–Crippen LogP) is 3.64. The largest absolute Gasteiger partial charge is 0.381 e. The summed E-state index contributed by atoms with van der Waals surface area (Å²) in [5.41, 5.74) is 3.49. The van der Waals surface area contributed by atoms with E-state index in [1.165, 1.54) is 0 Å².